The topological polar surface area (TPSA) is 113 Å². The van der Waals surface area contributed by atoms with Gasteiger partial charge in [0.25, 0.3) is 0 Å². The number of benzene rings is 2. The van der Waals surface area contributed by atoms with E-state index in [0.29, 0.717) is 17.9 Å². The highest BCUT2D eigenvalue weighted by Crippen LogP contribution is 2.18. The molecule has 0 spiro atoms. The van der Waals surface area contributed by atoms with E-state index in [1.165, 1.54) is 6.07 Å². The second-order valence-corrected chi connectivity index (χ2v) is 5.04. The van der Waals surface area contributed by atoms with Crippen LogP contribution in [-0.4, -0.2) is 47.6 Å². The lowest BCUT2D eigenvalue weighted by Crippen LogP contribution is -2.11. The fourth-order valence-corrected chi connectivity index (χ4v) is 2.08. The Hall–Kier alpha value is -3.06. The number of carboxylic acid groups (broad SMARTS) is 2. The number of carbonyl (C=O) groups is 2. The Kier molecular flexibility index (Phi) is 9.27. The predicted octanol–water partition coefficient (Wildman–Crippen LogP) is 2.47. The summed E-state index contributed by atoms with van der Waals surface area (Å²) < 4.78 is 11.0. The van der Waals surface area contributed by atoms with Crippen molar-refractivity contribution < 1.29 is 34.4 Å². The molecule has 0 aliphatic rings. The molecule has 140 valence electrons. The average molecular weight is 362 g/mol. The van der Waals surface area contributed by atoms with Crippen LogP contribution in [0.25, 0.3) is 0 Å². The Labute approximate surface area is 151 Å². The lowest BCUT2D eigenvalue weighted by atomic mass is 10.1. The molecule has 0 saturated heterocycles. The first-order chi connectivity index (χ1) is 12.6. The molecule has 0 unspecified atom stereocenters. The van der Waals surface area contributed by atoms with Crippen LogP contribution in [0.3, 0.4) is 0 Å². The van der Waals surface area contributed by atoms with Gasteiger partial charge in [0.2, 0.25) is 0 Å². The molecular weight excluding hydrogens is 340 g/mol. The standard InChI is InChI=1S/C18H18O6.CH4O/c19-17(20)10-7-13-5-8-14(9-6-13)23-11-12-24-16-4-2-1-3-15(16)18(21)22;1-2/h1-6,8-9H,7,10-12H2,(H,19,20)(H,21,22);2H,1H3. The number of rotatable bonds is 9. The monoisotopic (exact) mass is 362 g/mol. The normalized spacial score (nSPS) is 9.62. The minimum Gasteiger partial charge on any atom is -0.490 e. The molecule has 0 aliphatic carbocycles. The minimum atomic E-state index is -1.04. The Morgan fingerprint density at radius 1 is 0.885 bits per heavy atom. The molecular formula is C19H22O7. The molecule has 0 heterocycles. The highest BCUT2D eigenvalue weighted by atomic mass is 16.5. The summed E-state index contributed by atoms with van der Waals surface area (Å²) in [6.45, 7) is 0.480. The number of hydrogen-bond donors (Lipinski definition) is 3. The fraction of sp³-hybridized carbons (Fsp3) is 0.263. The van der Waals surface area contributed by atoms with Gasteiger partial charge < -0.3 is 24.8 Å². The van der Waals surface area contributed by atoms with Crippen molar-refractivity contribution in [3.8, 4) is 11.5 Å². The van der Waals surface area contributed by atoms with Gasteiger partial charge in [-0.05, 0) is 36.2 Å². The summed E-state index contributed by atoms with van der Waals surface area (Å²) in [4.78, 5) is 21.6. The SMILES string of the molecule is CO.O=C(O)CCc1ccc(OCCOc2ccccc2C(=O)O)cc1. The molecule has 0 amide bonds. The first-order valence-electron chi connectivity index (χ1n) is 7.89. The molecule has 0 bridgehead atoms. The number of ether oxygens (including phenoxy) is 2. The number of aryl methyl sites for hydroxylation is 1. The number of aliphatic hydroxyl groups excluding tert-OH is 1. The van der Waals surface area contributed by atoms with Crippen LogP contribution in [-0.2, 0) is 11.2 Å². The lowest BCUT2D eigenvalue weighted by Gasteiger charge is -2.10. The number of aliphatic carboxylic acids is 1. The second kappa shape index (κ2) is 11.5. The lowest BCUT2D eigenvalue weighted by molar-refractivity contribution is -0.136. The number of aliphatic hydroxyl groups is 1. The van der Waals surface area contributed by atoms with Crippen LogP contribution >= 0.6 is 0 Å². The molecule has 3 N–H and O–H groups in total. The minimum absolute atomic E-state index is 0.0943. The maximum Gasteiger partial charge on any atom is 0.339 e. The van der Waals surface area contributed by atoms with E-state index in [-0.39, 0.29) is 25.2 Å². The molecule has 0 aliphatic heterocycles. The highest BCUT2D eigenvalue weighted by Gasteiger charge is 2.09. The predicted molar refractivity (Wildman–Crippen MR) is 94.9 cm³/mol. The third-order valence-corrected chi connectivity index (χ3v) is 3.28. The molecule has 7 heteroatoms. The smallest absolute Gasteiger partial charge is 0.339 e. The number of carboxylic acids is 2. The van der Waals surface area contributed by atoms with Gasteiger partial charge in [-0.15, -0.1) is 0 Å². The molecule has 2 aromatic rings. The maximum absolute atomic E-state index is 11.1. The van der Waals surface area contributed by atoms with Crippen molar-refractivity contribution in [1.82, 2.24) is 0 Å². The summed E-state index contributed by atoms with van der Waals surface area (Å²) in [5.41, 5.74) is 1.04. The van der Waals surface area contributed by atoms with E-state index in [1.54, 1.807) is 30.3 Å². The van der Waals surface area contributed by atoms with Gasteiger partial charge >= 0.3 is 11.9 Å². The summed E-state index contributed by atoms with van der Waals surface area (Å²) >= 11 is 0. The average Bonchev–Trinajstić information content (AvgIpc) is 2.66. The van der Waals surface area contributed by atoms with Crippen LogP contribution in [0.1, 0.15) is 22.3 Å². The van der Waals surface area contributed by atoms with E-state index >= 15 is 0 Å². The van der Waals surface area contributed by atoms with Crippen LogP contribution in [0.15, 0.2) is 48.5 Å². The molecule has 0 aromatic heterocycles. The molecule has 0 fully saturated rings. The van der Waals surface area contributed by atoms with Gasteiger partial charge in [0.05, 0.1) is 0 Å². The van der Waals surface area contributed by atoms with E-state index < -0.39 is 11.9 Å². The number of aromatic carboxylic acids is 1. The zero-order valence-electron chi connectivity index (χ0n) is 14.4. The van der Waals surface area contributed by atoms with Crippen molar-refractivity contribution in [2.45, 2.75) is 12.8 Å². The van der Waals surface area contributed by atoms with Crippen molar-refractivity contribution in [3.63, 3.8) is 0 Å². The van der Waals surface area contributed by atoms with Gasteiger partial charge in [0.15, 0.2) is 0 Å². The highest BCUT2D eigenvalue weighted by molar-refractivity contribution is 5.90. The summed E-state index contributed by atoms with van der Waals surface area (Å²) in [6.07, 6.45) is 0.571. The maximum atomic E-state index is 11.1. The Balaban J connectivity index is 0.00000163. The summed E-state index contributed by atoms with van der Waals surface area (Å²) in [7, 11) is 1.00. The van der Waals surface area contributed by atoms with Gasteiger partial charge in [0.1, 0.15) is 30.3 Å². The van der Waals surface area contributed by atoms with Gasteiger partial charge in [-0.1, -0.05) is 24.3 Å². The van der Waals surface area contributed by atoms with Crippen molar-refractivity contribution in [2.75, 3.05) is 20.3 Å². The van der Waals surface area contributed by atoms with Gasteiger partial charge in [0, 0.05) is 13.5 Å². The fourth-order valence-electron chi connectivity index (χ4n) is 2.08. The summed E-state index contributed by atoms with van der Waals surface area (Å²) in [5, 5.41) is 24.7. The summed E-state index contributed by atoms with van der Waals surface area (Å²) in [5.74, 6) is -0.917. The van der Waals surface area contributed by atoms with Gasteiger partial charge in [-0.2, -0.15) is 0 Å². The zero-order chi connectivity index (χ0) is 19.4. The van der Waals surface area contributed by atoms with Crippen molar-refractivity contribution in [3.05, 3.63) is 59.7 Å². The molecule has 2 aromatic carbocycles. The summed E-state index contributed by atoms with van der Waals surface area (Å²) in [6, 6.07) is 13.6. The Morgan fingerprint density at radius 2 is 1.50 bits per heavy atom. The molecule has 7 nitrogen and oxygen atoms in total. The zero-order valence-corrected chi connectivity index (χ0v) is 14.4. The van der Waals surface area contributed by atoms with Crippen LogP contribution in [0, 0.1) is 0 Å². The molecule has 0 radical (unpaired) electrons. The van der Waals surface area contributed by atoms with Gasteiger partial charge in [-0.25, -0.2) is 4.79 Å². The largest absolute Gasteiger partial charge is 0.490 e. The molecule has 0 atom stereocenters. The van der Waals surface area contributed by atoms with E-state index in [1.807, 2.05) is 12.1 Å². The van der Waals surface area contributed by atoms with E-state index in [2.05, 4.69) is 0 Å². The van der Waals surface area contributed by atoms with E-state index in [0.717, 1.165) is 12.7 Å². The second-order valence-electron chi connectivity index (χ2n) is 5.04. The molecule has 26 heavy (non-hydrogen) atoms. The van der Waals surface area contributed by atoms with Crippen molar-refractivity contribution in [1.29, 1.82) is 0 Å². The Morgan fingerprint density at radius 3 is 2.12 bits per heavy atom. The number of para-hydroxylation sites is 1. The van der Waals surface area contributed by atoms with Crippen LogP contribution < -0.4 is 9.47 Å². The van der Waals surface area contributed by atoms with Crippen molar-refractivity contribution in [2.24, 2.45) is 0 Å². The van der Waals surface area contributed by atoms with Crippen molar-refractivity contribution >= 4 is 11.9 Å². The van der Waals surface area contributed by atoms with Gasteiger partial charge in [-0.3, -0.25) is 4.79 Å². The Bertz CT molecular complexity index is 695. The quantitative estimate of drug-likeness (QED) is 0.587. The third-order valence-electron chi connectivity index (χ3n) is 3.28. The van der Waals surface area contributed by atoms with Crippen LogP contribution in [0.4, 0.5) is 0 Å². The third kappa shape index (κ3) is 7.23. The van der Waals surface area contributed by atoms with E-state index in [4.69, 9.17) is 24.8 Å². The first kappa shape index (κ1) is 21.0. The number of hydrogen-bond acceptors (Lipinski definition) is 5. The first-order valence-corrected chi connectivity index (χ1v) is 7.89. The van der Waals surface area contributed by atoms with E-state index in [9.17, 15) is 9.59 Å². The molecule has 2 rings (SSSR count). The molecule has 0 saturated carbocycles. The van der Waals surface area contributed by atoms with Crippen LogP contribution in [0.5, 0.6) is 11.5 Å². The van der Waals surface area contributed by atoms with Crippen LogP contribution in [0.2, 0.25) is 0 Å².